The van der Waals surface area contributed by atoms with Gasteiger partial charge in [0.2, 0.25) is 5.95 Å². The molecule has 1 aromatic carbocycles. The summed E-state index contributed by atoms with van der Waals surface area (Å²) in [5.74, 6) is 2.31. The maximum absolute atomic E-state index is 6.02. The van der Waals surface area contributed by atoms with Crippen LogP contribution in [0.1, 0.15) is 25.3 Å². The van der Waals surface area contributed by atoms with E-state index in [-0.39, 0.29) is 17.7 Å². The number of nitrogen functional groups attached to an aromatic ring is 2. The van der Waals surface area contributed by atoms with Crippen molar-refractivity contribution in [3.63, 3.8) is 0 Å². The second-order valence-electron chi connectivity index (χ2n) is 5.89. The van der Waals surface area contributed by atoms with Gasteiger partial charge in [0.1, 0.15) is 11.5 Å². The van der Waals surface area contributed by atoms with Gasteiger partial charge in [-0.1, -0.05) is 13.8 Å². The molecule has 0 bridgehead atoms. The lowest BCUT2D eigenvalue weighted by atomic mass is 10.0. The van der Waals surface area contributed by atoms with Gasteiger partial charge >= 0.3 is 0 Å². The highest BCUT2D eigenvalue weighted by Gasteiger charge is 2.17. The maximum Gasteiger partial charge on any atom is 0.222 e. The molecule has 2 heterocycles. The van der Waals surface area contributed by atoms with Crippen LogP contribution in [0.3, 0.4) is 0 Å². The molecule has 3 rings (SSSR count). The molecule has 0 radical (unpaired) electrons. The predicted octanol–water partition coefficient (Wildman–Crippen LogP) is 3.36. The van der Waals surface area contributed by atoms with Gasteiger partial charge in [-0.2, -0.15) is 4.98 Å². The third kappa shape index (κ3) is 3.35. The molecule has 4 N–H and O–H groups in total. The van der Waals surface area contributed by atoms with E-state index < -0.39 is 0 Å². The molecule has 3 aromatic rings. The van der Waals surface area contributed by atoms with Crippen molar-refractivity contribution in [3.8, 4) is 22.9 Å². The number of anilines is 2. The van der Waals surface area contributed by atoms with Gasteiger partial charge in [-0.05, 0) is 24.1 Å². The van der Waals surface area contributed by atoms with E-state index in [0.717, 1.165) is 17.0 Å². The van der Waals surface area contributed by atoms with Gasteiger partial charge < -0.3 is 25.5 Å². The first-order valence-corrected chi connectivity index (χ1v) is 7.90. The number of aromatic nitrogens is 3. The molecule has 130 valence electrons. The number of benzene rings is 1. The van der Waals surface area contributed by atoms with Gasteiger partial charge in [0.05, 0.1) is 19.0 Å². The van der Waals surface area contributed by atoms with Crippen LogP contribution >= 0.6 is 0 Å². The first-order chi connectivity index (χ1) is 12.0. The van der Waals surface area contributed by atoms with Crippen LogP contribution in [0.5, 0.6) is 17.2 Å². The molecular weight excluding hydrogens is 318 g/mol. The Bertz CT molecular complexity index is 875. The average molecular weight is 339 g/mol. The van der Waals surface area contributed by atoms with Crippen molar-refractivity contribution >= 4 is 11.8 Å². The van der Waals surface area contributed by atoms with E-state index in [4.69, 9.17) is 20.9 Å². The number of nitrogens with two attached hydrogens (primary N) is 2. The Morgan fingerprint density at radius 1 is 1.04 bits per heavy atom. The summed E-state index contributed by atoms with van der Waals surface area (Å²) in [4.78, 5) is 7.89. The number of hydrogen-bond donors (Lipinski definition) is 2. The van der Waals surface area contributed by atoms with Crippen molar-refractivity contribution in [1.82, 2.24) is 14.5 Å². The first-order valence-electron chi connectivity index (χ1n) is 7.90. The fourth-order valence-electron chi connectivity index (χ4n) is 2.56. The molecule has 0 atom stereocenters. The summed E-state index contributed by atoms with van der Waals surface area (Å²) in [5, 5.41) is 0. The molecule has 0 aliphatic carbocycles. The Balaban J connectivity index is 2.11. The Morgan fingerprint density at radius 2 is 1.76 bits per heavy atom. The van der Waals surface area contributed by atoms with Crippen molar-refractivity contribution in [2.45, 2.75) is 19.8 Å². The molecule has 7 nitrogen and oxygen atoms in total. The summed E-state index contributed by atoms with van der Waals surface area (Å²) in [7, 11) is 1.65. The average Bonchev–Trinajstić information content (AvgIpc) is 3.11. The molecule has 0 saturated carbocycles. The third-order valence-corrected chi connectivity index (χ3v) is 3.84. The molecule has 0 amide bonds. The van der Waals surface area contributed by atoms with E-state index in [1.807, 2.05) is 41.2 Å². The van der Waals surface area contributed by atoms with Crippen LogP contribution in [0.4, 0.5) is 11.8 Å². The van der Waals surface area contributed by atoms with Gasteiger partial charge in [0, 0.05) is 24.0 Å². The van der Waals surface area contributed by atoms with E-state index in [2.05, 4.69) is 23.8 Å². The van der Waals surface area contributed by atoms with Crippen LogP contribution in [-0.2, 0) is 0 Å². The maximum atomic E-state index is 6.02. The second kappa shape index (κ2) is 6.72. The number of nitrogens with zero attached hydrogens (tertiary/aromatic N) is 3. The lowest BCUT2D eigenvalue weighted by Gasteiger charge is -2.19. The number of hydrogen-bond acceptors (Lipinski definition) is 6. The van der Waals surface area contributed by atoms with Gasteiger partial charge in [-0.3, -0.25) is 0 Å². The first kappa shape index (κ1) is 16.6. The Morgan fingerprint density at radius 3 is 2.36 bits per heavy atom. The number of rotatable bonds is 5. The molecule has 25 heavy (non-hydrogen) atoms. The molecule has 0 fully saturated rings. The summed E-state index contributed by atoms with van der Waals surface area (Å²) >= 11 is 0. The normalized spacial score (nSPS) is 10.9. The van der Waals surface area contributed by atoms with Crippen molar-refractivity contribution in [1.29, 1.82) is 0 Å². The number of ether oxygens (including phenoxy) is 2. The predicted molar refractivity (Wildman–Crippen MR) is 97.3 cm³/mol. The minimum atomic E-state index is 0.108. The lowest BCUT2D eigenvalue weighted by molar-refractivity contribution is 0.409. The highest BCUT2D eigenvalue weighted by atomic mass is 16.5. The number of methoxy groups -OCH3 is 1. The SMILES string of the molecule is COc1cc(C(C)C)c(Oc2cnc(N)nc2N)cc1-n1cccc1. The van der Waals surface area contributed by atoms with E-state index in [9.17, 15) is 0 Å². The Kier molecular flexibility index (Phi) is 4.47. The topological polar surface area (TPSA) is 101 Å². The van der Waals surface area contributed by atoms with Crippen LogP contribution in [0.2, 0.25) is 0 Å². The van der Waals surface area contributed by atoms with E-state index >= 15 is 0 Å². The van der Waals surface area contributed by atoms with Crippen molar-refractivity contribution in [2.24, 2.45) is 0 Å². The summed E-state index contributed by atoms with van der Waals surface area (Å²) in [6.45, 7) is 4.17. The molecule has 2 aromatic heterocycles. The summed E-state index contributed by atoms with van der Waals surface area (Å²) in [6, 6.07) is 7.79. The monoisotopic (exact) mass is 339 g/mol. The molecule has 0 spiro atoms. The minimum Gasteiger partial charge on any atom is -0.495 e. The quantitative estimate of drug-likeness (QED) is 0.739. The Hall–Kier alpha value is -3.22. The van der Waals surface area contributed by atoms with Gasteiger partial charge in [-0.15, -0.1) is 0 Å². The van der Waals surface area contributed by atoms with Gasteiger partial charge in [0.15, 0.2) is 11.6 Å². The Labute approximate surface area is 146 Å². The fourth-order valence-corrected chi connectivity index (χ4v) is 2.56. The molecule has 0 saturated heterocycles. The second-order valence-corrected chi connectivity index (χ2v) is 5.89. The summed E-state index contributed by atoms with van der Waals surface area (Å²) in [6.07, 6.45) is 5.36. The molecule has 0 aliphatic rings. The van der Waals surface area contributed by atoms with Gasteiger partial charge in [0.25, 0.3) is 0 Å². The minimum absolute atomic E-state index is 0.108. The van der Waals surface area contributed by atoms with Crippen LogP contribution in [0.25, 0.3) is 5.69 Å². The smallest absolute Gasteiger partial charge is 0.222 e. The van der Waals surface area contributed by atoms with E-state index in [1.165, 1.54) is 6.20 Å². The zero-order valence-electron chi connectivity index (χ0n) is 14.4. The summed E-state index contributed by atoms with van der Waals surface area (Å²) < 4.78 is 13.5. The van der Waals surface area contributed by atoms with Crippen LogP contribution in [0.15, 0.2) is 42.9 Å². The largest absolute Gasteiger partial charge is 0.495 e. The highest BCUT2D eigenvalue weighted by molar-refractivity contribution is 5.58. The zero-order chi connectivity index (χ0) is 18.0. The highest BCUT2D eigenvalue weighted by Crippen LogP contribution is 2.38. The van der Waals surface area contributed by atoms with Crippen molar-refractivity contribution in [3.05, 3.63) is 48.4 Å². The fraction of sp³-hybridized carbons (Fsp3) is 0.222. The van der Waals surface area contributed by atoms with Crippen LogP contribution in [0, 0.1) is 0 Å². The molecular formula is C18H21N5O2. The van der Waals surface area contributed by atoms with E-state index in [0.29, 0.717) is 11.5 Å². The molecule has 0 unspecified atom stereocenters. The summed E-state index contributed by atoms with van der Waals surface area (Å²) in [5.41, 5.74) is 13.3. The van der Waals surface area contributed by atoms with Crippen LogP contribution < -0.4 is 20.9 Å². The van der Waals surface area contributed by atoms with Crippen molar-refractivity contribution in [2.75, 3.05) is 18.6 Å². The van der Waals surface area contributed by atoms with Crippen molar-refractivity contribution < 1.29 is 9.47 Å². The van der Waals surface area contributed by atoms with Gasteiger partial charge in [-0.25, -0.2) is 4.98 Å². The molecule has 7 heteroatoms. The zero-order valence-corrected chi connectivity index (χ0v) is 14.4. The lowest BCUT2D eigenvalue weighted by Crippen LogP contribution is -2.04. The van der Waals surface area contributed by atoms with Crippen LogP contribution in [-0.4, -0.2) is 21.6 Å². The van der Waals surface area contributed by atoms with E-state index in [1.54, 1.807) is 7.11 Å². The molecule has 0 aliphatic heterocycles. The third-order valence-electron chi connectivity index (χ3n) is 3.84. The standard InChI is InChI=1S/C18H21N5O2/c1-11(2)12-8-15(24-3)13(23-6-4-5-7-23)9-14(12)25-16-10-21-18(20)22-17(16)19/h4-11H,1-3H3,(H4,19,20,21,22).